The van der Waals surface area contributed by atoms with Crippen LogP contribution < -0.4 is 5.32 Å². The normalized spacial score (nSPS) is 13.0. The van der Waals surface area contributed by atoms with Gasteiger partial charge in [-0.05, 0) is 36.6 Å². The molecule has 0 spiro atoms. The third-order valence-corrected chi connectivity index (χ3v) is 4.79. The molecule has 0 atom stereocenters. The molecule has 0 fully saturated rings. The molecule has 1 aromatic carbocycles. The molecule has 0 bridgehead atoms. The zero-order valence-electron chi connectivity index (χ0n) is 15.5. The molecule has 0 saturated heterocycles. The van der Waals surface area contributed by atoms with Gasteiger partial charge in [-0.15, -0.1) is 10.2 Å². The van der Waals surface area contributed by atoms with Gasteiger partial charge >= 0.3 is 0 Å². The molecule has 3 aromatic rings. The highest BCUT2D eigenvalue weighted by molar-refractivity contribution is 5.95. The molecular weight excluding hydrogens is 340 g/mol. The summed E-state index contributed by atoms with van der Waals surface area (Å²) in [5.74, 6) is 2.01. The number of benzene rings is 1. The highest BCUT2D eigenvalue weighted by Crippen LogP contribution is 2.20. The standard InChI is InChI=1S/C20H22N6O/c1-13(2)16-8-9-17(23-22-16)14-5-3-6-15(11-14)20(27)21-12-19-25-24-18-7-4-10-26(18)19/h3,5-6,8-9,11,13H,4,7,10,12H2,1-2H3,(H,21,27). The van der Waals surface area contributed by atoms with Crippen molar-refractivity contribution >= 4 is 5.91 Å². The third kappa shape index (κ3) is 3.58. The zero-order valence-corrected chi connectivity index (χ0v) is 15.5. The van der Waals surface area contributed by atoms with Crippen LogP contribution in [0.3, 0.4) is 0 Å². The molecule has 7 nitrogen and oxygen atoms in total. The number of aromatic nitrogens is 5. The SMILES string of the molecule is CC(C)c1ccc(-c2cccc(C(=O)NCc3nnc4n3CCC4)c2)nn1. The molecule has 0 saturated carbocycles. The molecule has 1 aliphatic heterocycles. The summed E-state index contributed by atoms with van der Waals surface area (Å²) >= 11 is 0. The van der Waals surface area contributed by atoms with Crippen LogP contribution in [0.25, 0.3) is 11.3 Å². The minimum absolute atomic E-state index is 0.140. The van der Waals surface area contributed by atoms with Crippen molar-refractivity contribution in [1.82, 2.24) is 30.3 Å². The van der Waals surface area contributed by atoms with E-state index in [1.165, 1.54) is 0 Å². The van der Waals surface area contributed by atoms with E-state index in [0.717, 1.165) is 48.0 Å². The van der Waals surface area contributed by atoms with Crippen LogP contribution in [-0.4, -0.2) is 30.9 Å². The number of aryl methyl sites for hydroxylation is 1. The monoisotopic (exact) mass is 362 g/mol. The van der Waals surface area contributed by atoms with Gasteiger partial charge in [0.1, 0.15) is 5.82 Å². The number of hydrogen-bond acceptors (Lipinski definition) is 5. The van der Waals surface area contributed by atoms with Gasteiger partial charge in [0.25, 0.3) is 5.91 Å². The first kappa shape index (κ1) is 17.3. The van der Waals surface area contributed by atoms with E-state index in [9.17, 15) is 4.79 Å². The van der Waals surface area contributed by atoms with Crippen LogP contribution >= 0.6 is 0 Å². The highest BCUT2D eigenvalue weighted by Gasteiger charge is 2.18. The van der Waals surface area contributed by atoms with Crippen LogP contribution in [0, 0.1) is 0 Å². The van der Waals surface area contributed by atoms with E-state index in [4.69, 9.17) is 0 Å². The van der Waals surface area contributed by atoms with Crippen molar-refractivity contribution in [3.8, 4) is 11.3 Å². The number of nitrogens with one attached hydrogen (secondary N) is 1. The first-order valence-electron chi connectivity index (χ1n) is 9.25. The summed E-state index contributed by atoms with van der Waals surface area (Å²) in [5.41, 5.74) is 3.16. The lowest BCUT2D eigenvalue weighted by atomic mass is 10.1. The fraction of sp³-hybridized carbons (Fsp3) is 0.350. The van der Waals surface area contributed by atoms with Crippen molar-refractivity contribution in [3.63, 3.8) is 0 Å². The molecule has 27 heavy (non-hydrogen) atoms. The number of amides is 1. The van der Waals surface area contributed by atoms with E-state index in [2.05, 4.69) is 44.1 Å². The number of hydrogen-bond donors (Lipinski definition) is 1. The smallest absolute Gasteiger partial charge is 0.251 e. The summed E-state index contributed by atoms with van der Waals surface area (Å²) in [5, 5.41) is 19.8. The Balaban J connectivity index is 1.47. The van der Waals surface area contributed by atoms with Crippen molar-refractivity contribution in [3.05, 3.63) is 59.3 Å². The van der Waals surface area contributed by atoms with Crippen molar-refractivity contribution in [1.29, 1.82) is 0 Å². The predicted molar refractivity (Wildman–Crippen MR) is 101 cm³/mol. The number of fused-ring (bicyclic) bond motifs is 1. The number of carbonyl (C=O) groups excluding carboxylic acids is 1. The van der Waals surface area contributed by atoms with Crippen LogP contribution in [0.5, 0.6) is 0 Å². The van der Waals surface area contributed by atoms with E-state index in [-0.39, 0.29) is 5.91 Å². The molecule has 0 unspecified atom stereocenters. The highest BCUT2D eigenvalue weighted by atomic mass is 16.1. The third-order valence-electron chi connectivity index (χ3n) is 4.79. The Morgan fingerprint density at radius 2 is 2.04 bits per heavy atom. The number of nitrogens with zero attached hydrogens (tertiary/aromatic N) is 5. The average molecular weight is 362 g/mol. The molecule has 7 heteroatoms. The lowest BCUT2D eigenvalue weighted by Crippen LogP contribution is -2.24. The Kier molecular flexibility index (Phi) is 4.66. The Hall–Kier alpha value is -3.09. The van der Waals surface area contributed by atoms with Gasteiger partial charge in [0.05, 0.1) is 17.9 Å². The first-order chi connectivity index (χ1) is 13.1. The molecule has 138 valence electrons. The summed E-state index contributed by atoms with van der Waals surface area (Å²) in [7, 11) is 0. The molecule has 1 N–H and O–H groups in total. The van der Waals surface area contributed by atoms with Crippen LogP contribution in [0.4, 0.5) is 0 Å². The van der Waals surface area contributed by atoms with E-state index >= 15 is 0 Å². The Labute approximate surface area is 157 Å². The minimum atomic E-state index is -0.140. The van der Waals surface area contributed by atoms with Gasteiger partial charge in [0.2, 0.25) is 0 Å². The Morgan fingerprint density at radius 3 is 2.81 bits per heavy atom. The second kappa shape index (κ2) is 7.26. The zero-order chi connectivity index (χ0) is 18.8. The van der Waals surface area contributed by atoms with Gasteiger partial charge in [-0.2, -0.15) is 10.2 Å². The van der Waals surface area contributed by atoms with E-state index in [1.807, 2.05) is 30.3 Å². The van der Waals surface area contributed by atoms with E-state index < -0.39 is 0 Å². The molecule has 0 radical (unpaired) electrons. The molecule has 3 heterocycles. The Morgan fingerprint density at radius 1 is 1.15 bits per heavy atom. The molecule has 1 amide bonds. The van der Waals surface area contributed by atoms with Crippen molar-refractivity contribution in [2.45, 2.75) is 45.7 Å². The summed E-state index contributed by atoms with van der Waals surface area (Å²) < 4.78 is 2.09. The van der Waals surface area contributed by atoms with Crippen LogP contribution in [0.2, 0.25) is 0 Å². The lowest BCUT2D eigenvalue weighted by molar-refractivity contribution is 0.0949. The first-order valence-corrected chi connectivity index (χ1v) is 9.25. The topological polar surface area (TPSA) is 85.6 Å². The van der Waals surface area contributed by atoms with E-state index in [0.29, 0.717) is 18.0 Å². The maximum absolute atomic E-state index is 12.6. The van der Waals surface area contributed by atoms with E-state index in [1.54, 1.807) is 6.07 Å². The number of rotatable bonds is 5. The van der Waals surface area contributed by atoms with Gasteiger partial charge in [0.15, 0.2) is 5.82 Å². The summed E-state index contributed by atoms with van der Waals surface area (Å²) in [6.07, 6.45) is 2.05. The summed E-state index contributed by atoms with van der Waals surface area (Å²) in [6, 6.07) is 11.3. The van der Waals surface area contributed by atoms with Crippen LogP contribution in [-0.2, 0) is 19.5 Å². The van der Waals surface area contributed by atoms with Crippen molar-refractivity contribution in [2.75, 3.05) is 0 Å². The molecule has 0 aliphatic carbocycles. The maximum Gasteiger partial charge on any atom is 0.251 e. The maximum atomic E-state index is 12.6. The van der Waals surface area contributed by atoms with Gasteiger partial charge in [-0.1, -0.05) is 26.0 Å². The van der Waals surface area contributed by atoms with Crippen molar-refractivity contribution in [2.24, 2.45) is 0 Å². The van der Waals surface area contributed by atoms with Gasteiger partial charge in [-0.25, -0.2) is 0 Å². The van der Waals surface area contributed by atoms with Crippen LogP contribution in [0.15, 0.2) is 36.4 Å². The summed E-state index contributed by atoms with van der Waals surface area (Å²) in [4.78, 5) is 12.6. The largest absolute Gasteiger partial charge is 0.345 e. The quantitative estimate of drug-likeness (QED) is 0.754. The van der Waals surface area contributed by atoms with Crippen molar-refractivity contribution < 1.29 is 4.79 Å². The average Bonchev–Trinajstić information content (AvgIpc) is 3.30. The van der Waals surface area contributed by atoms with Crippen LogP contribution in [0.1, 0.15) is 53.9 Å². The fourth-order valence-electron chi connectivity index (χ4n) is 3.23. The van der Waals surface area contributed by atoms with Gasteiger partial charge < -0.3 is 9.88 Å². The lowest BCUT2D eigenvalue weighted by Gasteiger charge is -2.08. The molecule has 4 rings (SSSR count). The van der Waals surface area contributed by atoms with Gasteiger partial charge in [-0.3, -0.25) is 4.79 Å². The molecular formula is C20H22N6O. The predicted octanol–water partition coefficient (Wildman–Crippen LogP) is 2.73. The Bertz CT molecular complexity index is 961. The summed E-state index contributed by atoms with van der Waals surface area (Å²) in [6.45, 7) is 5.46. The van der Waals surface area contributed by atoms with Gasteiger partial charge in [0, 0.05) is 24.1 Å². The fourth-order valence-corrected chi connectivity index (χ4v) is 3.23. The molecule has 2 aromatic heterocycles. The second-order valence-corrected chi connectivity index (χ2v) is 7.05. The minimum Gasteiger partial charge on any atom is -0.345 e. The molecule has 1 aliphatic rings. The number of carbonyl (C=O) groups is 1. The second-order valence-electron chi connectivity index (χ2n) is 7.05.